The minimum Gasteiger partial charge on any atom is -0.462 e. The molecule has 0 saturated heterocycles. The van der Waals surface area contributed by atoms with Gasteiger partial charge in [-0.15, -0.1) is 0 Å². The number of fused-ring (bicyclic) bond motifs is 1. The number of hydrogen-bond donors (Lipinski definition) is 0. The molecule has 0 atom stereocenters. The molecule has 1 aliphatic rings. The Hall–Kier alpha value is -1.91. The molecule has 20 heavy (non-hydrogen) atoms. The highest BCUT2D eigenvalue weighted by molar-refractivity contribution is 5.90. The predicted molar refractivity (Wildman–Crippen MR) is 75.0 cm³/mol. The first-order valence-corrected chi connectivity index (χ1v) is 7.17. The van der Waals surface area contributed by atoms with Gasteiger partial charge in [0, 0.05) is 18.2 Å². The molecule has 2 aromatic rings. The normalized spacial score (nSPS) is 15.0. The lowest BCUT2D eigenvalue weighted by molar-refractivity contribution is 0.0523. The van der Waals surface area contributed by atoms with E-state index < -0.39 is 0 Å². The van der Waals surface area contributed by atoms with E-state index in [1.807, 2.05) is 10.6 Å². The van der Waals surface area contributed by atoms with Crippen molar-refractivity contribution in [2.24, 2.45) is 0 Å². The molecule has 0 N–H and O–H groups in total. The smallest absolute Gasteiger partial charge is 0.341 e. The van der Waals surface area contributed by atoms with Gasteiger partial charge in [-0.05, 0) is 25.7 Å². The zero-order valence-electron chi connectivity index (χ0n) is 12.1. The third kappa shape index (κ3) is 2.17. The number of rotatable bonds is 4. The van der Waals surface area contributed by atoms with Crippen LogP contribution in [0.2, 0.25) is 0 Å². The van der Waals surface area contributed by atoms with Crippen LogP contribution in [0.3, 0.4) is 0 Å². The van der Waals surface area contributed by atoms with Gasteiger partial charge < -0.3 is 4.74 Å². The van der Waals surface area contributed by atoms with Crippen molar-refractivity contribution < 1.29 is 9.53 Å². The van der Waals surface area contributed by atoms with E-state index >= 15 is 0 Å². The van der Waals surface area contributed by atoms with Crippen LogP contribution < -0.4 is 0 Å². The van der Waals surface area contributed by atoms with Gasteiger partial charge in [-0.1, -0.05) is 13.8 Å². The summed E-state index contributed by atoms with van der Waals surface area (Å²) in [5.74, 6) is 0.420. The third-order valence-corrected chi connectivity index (χ3v) is 3.58. The van der Waals surface area contributed by atoms with Crippen molar-refractivity contribution in [2.45, 2.75) is 45.4 Å². The molecule has 5 nitrogen and oxygen atoms in total. The molecule has 0 aromatic carbocycles. The first-order valence-electron chi connectivity index (χ1n) is 7.17. The summed E-state index contributed by atoms with van der Waals surface area (Å²) in [7, 11) is 0. The second-order valence-corrected chi connectivity index (χ2v) is 5.55. The molecule has 0 bridgehead atoms. The van der Waals surface area contributed by atoms with Gasteiger partial charge in [0.1, 0.15) is 0 Å². The molecule has 106 valence electrons. The molecule has 0 unspecified atom stereocenters. The summed E-state index contributed by atoms with van der Waals surface area (Å²) in [5.41, 5.74) is 3.28. The van der Waals surface area contributed by atoms with Crippen molar-refractivity contribution in [3.8, 4) is 0 Å². The number of nitrogens with zero attached hydrogens (tertiary/aromatic N) is 3. The van der Waals surface area contributed by atoms with Crippen molar-refractivity contribution >= 4 is 11.6 Å². The molecule has 5 heteroatoms. The second-order valence-electron chi connectivity index (χ2n) is 5.55. The van der Waals surface area contributed by atoms with Crippen LogP contribution in [0.15, 0.2) is 12.3 Å². The topological polar surface area (TPSA) is 56.5 Å². The van der Waals surface area contributed by atoms with Crippen LogP contribution in [0.25, 0.3) is 5.65 Å². The maximum absolute atomic E-state index is 12.1. The maximum atomic E-state index is 12.1. The number of aromatic nitrogens is 3. The van der Waals surface area contributed by atoms with Gasteiger partial charge in [-0.3, -0.25) is 0 Å². The Morgan fingerprint density at radius 1 is 1.50 bits per heavy atom. The average Bonchev–Trinajstić information content (AvgIpc) is 3.17. The molecule has 1 aliphatic carbocycles. The minimum absolute atomic E-state index is 0.173. The zero-order chi connectivity index (χ0) is 14.3. The van der Waals surface area contributed by atoms with Crippen molar-refractivity contribution in [3.05, 3.63) is 29.2 Å². The summed E-state index contributed by atoms with van der Waals surface area (Å²) in [6, 6.07) is 2.03. The molecule has 3 rings (SSSR count). The lowest BCUT2D eigenvalue weighted by atomic mass is 10.1. The Labute approximate surface area is 118 Å². The monoisotopic (exact) mass is 273 g/mol. The zero-order valence-corrected chi connectivity index (χ0v) is 12.1. The van der Waals surface area contributed by atoms with Gasteiger partial charge in [0.25, 0.3) is 0 Å². The fraction of sp³-hybridized carbons (Fsp3) is 0.533. The molecule has 0 radical (unpaired) electrons. The van der Waals surface area contributed by atoms with E-state index in [1.54, 1.807) is 13.1 Å². The van der Waals surface area contributed by atoms with E-state index in [4.69, 9.17) is 4.74 Å². The molecule has 0 spiro atoms. The van der Waals surface area contributed by atoms with E-state index in [9.17, 15) is 4.79 Å². The Morgan fingerprint density at radius 2 is 2.25 bits per heavy atom. The molecule has 2 heterocycles. The summed E-state index contributed by atoms with van der Waals surface area (Å²) in [6.45, 7) is 6.27. The van der Waals surface area contributed by atoms with Crippen molar-refractivity contribution in [1.29, 1.82) is 0 Å². The van der Waals surface area contributed by atoms with E-state index in [2.05, 4.69) is 23.9 Å². The molecule has 0 aliphatic heterocycles. The minimum atomic E-state index is -0.325. The lowest BCUT2D eigenvalue weighted by Gasteiger charge is -2.13. The number of carbonyl (C=O) groups is 1. The van der Waals surface area contributed by atoms with Gasteiger partial charge in [-0.2, -0.15) is 5.10 Å². The van der Waals surface area contributed by atoms with E-state index in [1.165, 1.54) is 12.8 Å². The fourth-order valence-electron chi connectivity index (χ4n) is 2.47. The van der Waals surface area contributed by atoms with E-state index in [-0.39, 0.29) is 11.9 Å². The van der Waals surface area contributed by atoms with Gasteiger partial charge in [0.05, 0.1) is 23.6 Å². The van der Waals surface area contributed by atoms with E-state index in [0.717, 1.165) is 17.0 Å². The summed E-state index contributed by atoms with van der Waals surface area (Å²) < 4.78 is 6.92. The predicted octanol–water partition coefficient (Wildman–Crippen LogP) is 2.91. The van der Waals surface area contributed by atoms with Crippen molar-refractivity contribution in [1.82, 2.24) is 14.6 Å². The van der Waals surface area contributed by atoms with Gasteiger partial charge in [0.2, 0.25) is 0 Å². The molecule has 0 amide bonds. The Morgan fingerprint density at radius 3 is 2.85 bits per heavy atom. The van der Waals surface area contributed by atoms with Crippen LogP contribution in [-0.4, -0.2) is 27.2 Å². The molecule has 1 fully saturated rings. The van der Waals surface area contributed by atoms with Crippen molar-refractivity contribution in [2.75, 3.05) is 6.61 Å². The first kappa shape index (κ1) is 13.1. The van der Waals surface area contributed by atoms with Crippen LogP contribution in [-0.2, 0) is 4.74 Å². The number of carbonyl (C=O) groups excluding carboxylic acids is 1. The maximum Gasteiger partial charge on any atom is 0.341 e. The Kier molecular flexibility index (Phi) is 3.20. The fourth-order valence-corrected chi connectivity index (χ4v) is 2.47. The SMILES string of the molecule is CCOC(=O)c1cnc2cc(C3CC3)nn2c1C(C)C. The molecule has 1 saturated carbocycles. The third-order valence-electron chi connectivity index (χ3n) is 3.58. The van der Waals surface area contributed by atoms with Crippen LogP contribution in [0.5, 0.6) is 0 Å². The van der Waals surface area contributed by atoms with Crippen LogP contribution in [0.1, 0.15) is 67.2 Å². The second kappa shape index (κ2) is 4.89. The Balaban J connectivity index is 2.15. The number of ether oxygens (including phenoxy) is 1. The highest BCUT2D eigenvalue weighted by atomic mass is 16.5. The Bertz CT molecular complexity index is 656. The van der Waals surface area contributed by atoms with Gasteiger partial charge in [0.15, 0.2) is 5.65 Å². The molecular weight excluding hydrogens is 254 g/mol. The summed E-state index contributed by atoms with van der Waals surface area (Å²) in [5, 5.41) is 4.65. The van der Waals surface area contributed by atoms with Gasteiger partial charge in [-0.25, -0.2) is 14.3 Å². The summed E-state index contributed by atoms with van der Waals surface area (Å²) >= 11 is 0. The first-order chi connectivity index (χ1) is 9.61. The standard InChI is InChI=1S/C15H19N3O2/c1-4-20-15(19)11-8-16-13-7-12(10-5-6-10)17-18(13)14(11)9(2)3/h7-10H,4-6H2,1-3H3. The number of hydrogen-bond acceptors (Lipinski definition) is 4. The largest absolute Gasteiger partial charge is 0.462 e. The van der Waals surface area contributed by atoms with Crippen LogP contribution in [0.4, 0.5) is 0 Å². The molecule has 2 aromatic heterocycles. The van der Waals surface area contributed by atoms with Gasteiger partial charge >= 0.3 is 5.97 Å². The highest BCUT2D eigenvalue weighted by Gasteiger charge is 2.28. The lowest BCUT2D eigenvalue weighted by Crippen LogP contribution is -2.14. The quantitative estimate of drug-likeness (QED) is 0.804. The summed E-state index contributed by atoms with van der Waals surface area (Å²) in [6.07, 6.45) is 4.01. The average molecular weight is 273 g/mol. The van der Waals surface area contributed by atoms with Crippen LogP contribution >= 0.6 is 0 Å². The van der Waals surface area contributed by atoms with Crippen LogP contribution in [0, 0.1) is 0 Å². The van der Waals surface area contributed by atoms with E-state index in [0.29, 0.717) is 18.1 Å². The van der Waals surface area contributed by atoms with Crippen molar-refractivity contribution in [3.63, 3.8) is 0 Å². The number of esters is 1. The summed E-state index contributed by atoms with van der Waals surface area (Å²) in [4.78, 5) is 16.4. The highest BCUT2D eigenvalue weighted by Crippen LogP contribution is 2.39. The molecular formula is C15H19N3O2.